The van der Waals surface area contributed by atoms with E-state index in [1.807, 2.05) is 0 Å². The Bertz CT molecular complexity index is 17.6. The molecule has 0 saturated heterocycles. The van der Waals surface area contributed by atoms with E-state index < -0.39 is 0 Å². The predicted molar refractivity (Wildman–Crippen MR) is 20.2 cm³/mol. The second-order valence-corrected chi connectivity index (χ2v) is 0.577. The van der Waals surface area contributed by atoms with Crippen LogP contribution in [0, 0.1) is 6.92 Å². The molecule has 0 N–H and O–H groups in total. The first-order valence-electron chi connectivity index (χ1n) is 1.32. The minimum absolute atomic E-state index is 0. The molecule has 0 saturated carbocycles. The van der Waals surface area contributed by atoms with E-state index in [4.69, 9.17) is 0 Å². The maximum Gasteiger partial charge on any atom is 0 e. The number of rotatable bonds is 1. The van der Waals surface area contributed by atoms with Crippen LogP contribution in [0.2, 0.25) is 0 Å². The molecule has 0 heterocycles. The Morgan fingerprint density at radius 3 is 2.00 bits per heavy atom. The van der Waals surface area contributed by atoms with E-state index in [1.54, 1.807) is 6.08 Å². The molecule has 0 aromatic carbocycles. The fourth-order valence-corrected chi connectivity index (χ4v) is 0. The van der Waals surface area contributed by atoms with Gasteiger partial charge in [0.05, 0.1) is 0 Å². The van der Waals surface area contributed by atoms with Crippen molar-refractivity contribution in [3.63, 3.8) is 0 Å². The molecule has 1 heteroatoms. The summed E-state index contributed by atoms with van der Waals surface area (Å²) < 4.78 is 0. The molecule has 0 aromatic heterocycles. The van der Waals surface area contributed by atoms with Crippen molar-refractivity contribution in [3.05, 3.63) is 19.6 Å². The van der Waals surface area contributed by atoms with Crippen molar-refractivity contribution in [2.24, 2.45) is 0 Å². The van der Waals surface area contributed by atoms with Crippen LogP contribution in [0.1, 0.15) is 6.42 Å². The van der Waals surface area contributed by atoms with Gasteiger partial charge in [0.25, 0.3) is 0 Å². The monoisotopic (exact) mass is 322 g/mol. The van der Waals surface area contributed by atoms with Gasteiger partial charge in [-0.1, -0.05) is 0 Å². The molecule has 0 nitrogen and oxygen atoms in total. The van der Waals surface area contributed by atoms with Gasteiger partial charge in [0.15, 0.2) is 0 Å². The van der Waals surface area contributed by atoms with Crippen molar-refractivity contribution in [2.45, 2.75) is 6.42 Å². The molecule has 0 radical (unpaired) electrons. The van der Waals surface area contributed by atoms with Gasteiger partial charge in [0.2, 0.25) is 0 Å². The van der Waals surface area contributed by atoms with E-state index in [1.165, 1.54) is 0 Å². The Kier molecular flexibility index (Phi) is 28.1. The molecule has 0 aliphatic heterocycles. The summed E-state index contributed by atoms with van der Waals surface area (Å²) >= 11 is 0. The number of hydrogen-bond donors (Lipinski definition) is 0. The summed E-state index contributed by atoms with van der Waals surface area (Å²) in [4.78, 5) is 0. The molecule has 26 valence electrons. The molecular formula is C4H7Rf-. The first-order valence-corrected chi connectivity index (χ1v) is 1.32. The molecule has 0 spiro atoms. The van der Waals surface area contributed by atoms with E-state index in [2.05, 4.69) is 13.5 Å². The fourth-order valence-electron chi connectivity index (χ4n) is 0. The Morgan fingerprint density at radius 1 is 1.80 bits per heavy atom. The molecule has 0 aromatic rings. The zero-order valence-corrected chi connectivity index (χ0v) is 9.81. The average molecular weight is 322 g/mol. The fraction of sp³-hybridized carbons (Fsp3) is 0.250. The summed E-state index contributed by atoms with van der Waals surface area (Å²) in [5.41, 5.74) is 0. The number of allylic oxidation sites excluding steroid dienone is 1. The van der Waals surface area contributed by atoms with Crippen LogP contribution in [-0.2, 0) is 0 Å². The number of hydrogen-bond acceptors (Lipinski definition) is 0. The van der Waals surface area contributed by atoms with Crippen LogP contribution in [-0.4, -0.2) is 0 Å². The van der Waals surface area contributed by atoms with Gasteiger partial charge in [-0.3, -0.25) is 0 Å². The normalized spacial score (nSPS) is 5.00. The molecular weight excluding hydrogens is 315 g/mol. The summed E-state index contributed by atoms with van der Waals surface area (Å²) in [5, 5.41) is 0. The van der Waals surface area contributed by atoms with E-state index in [-0.39, 0.29) is 0 Å². The summed E-state index contributed by atoms with van der Waals surface area (Å²) in [6, 6.07) is 0. The zero-order chi connectivity index (χ0) is 3.41. The van der Waals surface area contributed by atoms with Gasteiger partial charge < -0.3 is 6.92 Å². The Hall–Kier alpha value is -1.26. The van der Waals surface area contributed by atoms with Crippen LogP contribution in [0.3, 0.4) is 0 Å². The van der Waals surface area contributed by atoms with Gasteiger partial charge in [-0.05, 0) is 0 Å². The Labute approximate surface area is 27.1 Å². The summed E-state index contributed by atoms with van der Waals surface area (Å²) in [7, 11) is 0. The largest absolute Gasteiger partial charge is 0.340 e. The zero-order valence-electron chi connectivity index (χ0n) is 3.41. The van der Waals surface area contributed by atoms with Crippen LogP contribution in [0.15, 0.2) is 12.7 Å². The predicted octanol–water partition coefficient (Wildman–Crippen LogP) is 1.40. The van der Waals surface area contributed by atoms with Crippen LogP contribution >= 0.6 is 0 Å². The van der Waals surface area contributed by atoms with Crippen molar-refractivity contribution in [3.8, 4) is 0 Å². The van der Waals surface area contributed by atoms with Crippen LogP contribution in [0.25, 0.3) is 0 Å². The standard InChI is InChI=1S/C4H7.Rf/c1-3-4-2;/h3H,1-2,4H2;/q-1;. The van der Waals surface area contributed by atoms with E-state index in [0.717, 1.165) is 6.42 Å². The second-order valence-electron chi connectivity index (χ2n) is 0.577. The second kappa shape index (κ2) is 15.1. The van der Waals surface area contributed by atoms with Crippen molar-refractivity contribution in [1.29, 1.82) is 0 Å². The van der Waals surface area contributed by atoms with Crippen molar-refractivity contribution < 1.29 is 0 Å². The first-order chi connectivity index (χ1) is 1.91. The SMILES string of the molecule is C=CC[CH2-].[Rf]. The Balaban J connectivity index is 0. The minimum atomic E-state index is 0. The van der Waals surface area contributed by atoms with Gasteiger partial charge in [0, 0.05) is 0 Å². The Morgan fingerprint density at radius 2 is 2.00 bits per heavy atom. The molecule has 0 amide bonds. The third-order valence-electron chi connectivity index (χ3n) is 0.204. The molecule has 0 aliphatic carbocycles. The smallest absolute Gasteiger partial charge is 0 e. The van der Waals surface area contributed by atoms with E-state index in [9.17, 15) is 0 Å². The van der Waals surface area contributed by atoms with E-state index >= 15 is 0 Å². The third-order valence-corrected chi connectivity index (χ3v) is 0.204. The molecule has 0 bridgehead atoms. The topological polar surface area (TPSA) is 0 Å². The summed E-state index contributed by atoms with van der Waals surface area (Å²) in [6.45, 7) is 6.90. The minimum Gasteiger partial charge on any atom is -0.340 e. The molecule has 0 fully saturated rings. The third kappa shape index (κ3) is 22.2. The van der Waals surface area contributed by atoms with Gasteiger partial charge in [0.1, 0.15) is 0 Å². The summed E-state index contributed by atoms with van der Waals surface area (Å²) in [5.74, 6) is 0. The van der Waals surface area contributed by atoms with Gasteiger partial charge in [-0.15, -0.1) is 12.7 Å². The maximum atomic E-state index is 3.49. The average Bonchev–Trinajstić information content (AvgIpc) is 1.37. The molecule has 0 aliphatic rings. The molecule has 0 atom stereocenters. The van der Waals surface area contributed by atoms with Crippen LogP contribution < -0.4 is 0 Å². The maximum absolute atomic E-state index is 3.49. The van der Waals surface area contributed by atoms with Gasteiger partial charge >= 0.3 is 0 Å². The van der Waals surface area contributed by atoms with E-state index in [0.29, 0.717) is 0 Å². The van der Waals surface area contributed by atoms with Crippen molar-refractivity contribution >= 4 is 0 Å². The van der Waals surface area contributed by atoms with Gasteiger partial charge in [-0.25, -0.2) is 0 Å². The molecule has 0 unspecified atom stereocenters. The quantitative estimate of drug-likeness (QED) is 0.506. The van der Waals surface area contributed by atoms with Crippen molar-refractivity contribution in [2.75, 3.05) is 0 Å². The summed E-state index contributed by atoms with van der Waals surface area (Å²) in [6.07, 6.45) is 2.60. The van der Waals surface area contributed by atoms with Gasteiger partial charge in [-0.2, -0.15) is 6.42 Å². The van der Waals surface area contributed by atoms with Crippen LogP contribution in [0.5, 0.6) is 0 Å². The van der Waals surface area contributed by atoms with Crippen molar-refractivity contribution in [1.82, 2.24) is 0 Å². The molecule has 0 rings (SSSR count). The first kappa shape index (κ1) is 9.27. The van der Waals surface area contributed by atoms with Crippen LogP contribution in [0.4, 0.5) is 0 Å². The molecule has 5 heavy (non-hydrogen) atoms.